The van der Waals surface area contributed by atoms with Gasteiger partial charge >= 0.3 is 0 Å². The lowest BCUT2D eigenvalue weighted by molar-refractivity contribution is 0.287. The van der Waals surface area contributed by atoms with Crippen LogP contribution in [0.1, 0.15) is 23.0 Å². The van der Waals surface area contributed by atoms with Crippen LogP contribution in [-0.2, 0) is 6.61 Å². The van der Waals surface area contributed by atoms with Crippen molar-refractivity contribution >= 4 is 17.1 Å². The first-order valence-electron chi connectivity index (χ1n) is 11.0. The van der Waals surface area contributed by atoms with Crippen molar-refractivity contribution in [2.45, 2.75) is 19.6 Å². The molecule has 4 aromatic rings. The minimum Gasteiger partial charge on any atom is -0.485 e. The Morgan fingerprint density at radius 1 is 1.06 bits per heavy atom. The van der Waals surface area contributed by atoms with Gasteiger partial charge in [0.25, 0.3) is 5.56 Å². The van der Waals surface area contributed by atoms with Crippen molar-refractivity contribution in [1.82, 2.24) is 20.5 Å². The first-order chi connectivity index (χ1) is 16.2. The van der Waals surface area contributed by atoms with Gasteiger partial charge in [0.15, 0.2) is 5.82 Å². The summed E-state index contributed by atoms with van der Waals surface area (Å²) in [5.41, 5.74) is 9.09. The van der Waals surface area contributed by atoms with Gasteiger partial charge in [-0.05, 0) is 36.2 Å². The molecule has 0 spiro atoms. The Morgan fingerprint density at radius 2 is 1.82 bits per heavy atom. The zero-order valence-corrected chi connectivity index (χ0v) is 18.3. The quantitative estimate of drug-likeness (QED) is 0.449. The monoisotopic (exact) mass is 439 g/mol. The number of nitrogens with zero attached hydrogens (tertiary/aromatic N) is 3. The summed E-state index contributed by atoms with van der Waals surface area (Å²) >= 11 is 0. The third kappa shape index (κ3) is 4.41. The number of aromatic nitrogens is 2. The molecule has 2 atom stereocenters. The Morgan fingerprint density at radius 3 is 2.67 bits per heavy atom. The summed E-state index contributed by atoms with van der Waals surface area (Å²) in [5, 5.41) is 5.13. The van der Waals surface area contributed by atoms with E-state index in [4.69, 9.17) is 9.72 Å². The zero-order valence-electron chi connectivity index (χ0n) is 18.3. The maximum Gasteiger partial charge on any atom is 0.282 e. The van der Waals surface area contributed by atoms with Crippen molar-refractivity contribution in [1.29, 1.82) is 0 Å². The summed E-state index contributed by atoms with van der Waals surface area (Å²) in [6.07, 6.45) is 1.82. The number of nitrogens with one attached hydrogen (secondary N) is 2. The Labute approximate surface area is 191 Å². The van der Waals surface area contributed by atoms with Crippen LogP contribution >= 0.6 is 0 Å². The number of aryl methyl sites for hydroxylation is 1. The smallest absolute Gasteiger partial charge is 0.282 e. The molecule has 33 heavy (non-hydrogen) atoms. The molecule has 3 aromatic carbocycles. The maximum absolute atomic E-state index is 13.3. The molecule has 1 aliphatic rings. The van der Waals surface area contributed by atoms with Crippen molar-refractivity contribution in [3.8, 4) is 5.75 Å². The standard InChI is InChI=1S/C26H25N5O2/c1-18-9-5-8-14-23(18)33-17-24-29-22-13-7-6-12-21(22)26(32)31(24)28-16-20-15-27-30-25(20)19-10-3-2-4-11-19/h2-14,16,20,25,27,30H,15,17H2,1H3/b28-16+. The highest BCUT2D eigenvalue weighted by atomic mass is 16.5. The highest BCUT2D eigenvalue weighted by Crippen LogP contribution is 2.23. The van der Waals surface area contributed by atoms with E-state index in [9.17, 15) is 4.79 Å². The van der Waals surface area contributed by atoms with E-state index in [1.807, 2.05) is 73.8 Å². The van der Waals surface area contributed by atoms with E-state index in [0.29, 0.717) is 23.3 Å². The Hall–Kier alpha value is -3.81. The third-order valence-corrected chi connectivity index (χ3v) is 5.83. The second kappa shape index (κ2) is 9.36. The van der Waals surface area contributed by atoms with E-state index in [0.717, 1.165) is 16.9 Å². The molecule has 0 radical (unpaired) electrons. The van der Waals surface area contributed by atoms with E-state index in [1.165, 1.54) is 4.68 Å². The Bertz CT molecular complexity index is 1350. The van der Waals surface area contributed by atoms with E-state index >= 15 is 0 Å². The van der Waals surface area contributed by atoms with Gasteiger partial charge in [-0.2, -0.15) is 9.78 Å². The molecular formula is C26H25N5O2. The molecule has 7 nitrogen and oxygen atoms in total. The van der Waals surface area contributed by atoms with Crippen LogP contribution in [0.2, 0.25) is 0 Å². The SMILES string of the molecule is Cc1ccccc1OCc1nc2ccccc2c(=O)n1/N=C/C1CNNC1c1ccccc1. The number of fused-ring (bicyclic) bond motifs is 1. The molecule has 0 saturated carbocycles. The van der Waals surface area contributed by atoms with Gasteiger partial charge < -0.3 is 4.74 Å². The number of benzene rings is 3. The zero-order chi connectivity index (χ0) is 22.6. The summed E-state index contributed by atoms with van der Waals surface area (Å²) in [7, 11) is 0. The predicted octanol–water partition coefficient (Wildman–Crippen LogP) is 3.58. The lowest BCUT2D eigenvalue weighted by atomic mass is 9.96. The fourth-order valence-corrected chi connectivity index (χ4v) is 4.04. The topological polar surface area (TPSA) is 80.5 Å². The van der Waals surface area contributed by atoms with E-state index in [-0.39, 0.29) is 24.1 Å². The first-order valence-corrected chi connectivity index (χ1v) is 11.0. The second-order valence-electron chi connectivity index (χ2n) is 8.06. The molecule has 1 aliphatic heterocycles. The number of hydrogen-bond donors (Lipinski definition) is 2. The van der Waals surface area contributed by atoms with Gasteiger partial charge in [-0.3, -0.25) is 10.2 Å². The van der Waals surface area contributed by atoms with Gasteiger partial charge in [0, 0.05) is 18.7 Å². The van der Waals surface area contributed by atoms with Crippen LogP contribution in [0.15, 0.2) is 88.8 Å². The first kappa shape index (κ1) is 21.1. The summed E-state index contributed by atoms with van der Waals surface area (Å²) in [4.78, 5) is 18.0. The lowest BCUT2D eigenvalue weighted by Gasteiger charge is -2.16. The van der Waals surface area contributed by atoms with Crippen molar-refractivity contribution in [3.63, 3.8) is 0 Å². The van der Waals surface area contributed by atoms with E-state index in [2.05, 4.69) is 28.1 Å². The molecule has 1 saturated heterocycles. The Balaban J connectivity index is 1.49. The second-order valence-corrected chi connectivity index (χ2v) is 8.06. The fourth-order valence-electron chi connectivity index (χ4n) is 4.04. The molecule has 2 N–H and O–H groups in total. The molecule has 0 bridgehead atoms. The summed E-state index contributed by atoms with van der Waals surface area (Å²) in [6, 6.07) is 25.3. The van der Waals surface area contributed by atoms with Gasteiger partial charge in [-0.25, -0.2) is 10.4 Å². The fraction of sp³-hybridized carbons (Fsp3) is 0.192. The highest BCUT2D eigenvalue weighted by molar-refractivity contribution is 5.77. The van der Waals surface area contributed by atoms with Gasteiger partial charge in [0.2, 0.25) is 0 Å². The third-order valence-electron chi connectivity index (χ3n) is 5.83. The van der Waals surface area contributed by atoms with Gasteiger partial charge in [0.05, 0.1) is 16.9 Å². The van der Waals surface area contributed by atoms with Crippen LogP contribution in [0.3, 0.4) is 0 Å². The average Bonchev–Trinajstić information content (AvgIpc) is 3.32. The normalized spacial score (nSPS) is 18.2. The van der Waals surface area contributed by atoms with Crippen LogP contribution < -0.4 is 21.1 Å². The summed E-state index contributed by atoms with van der Waals surface area (Å²) < 4.78 is 7.37. The molecule has 2 unspecified atom stereocenters. The van der Waals surface area contributed by atoms with Gasteiger partial charge in [0.1, 0.15) is 12.4 Å². The molecule has 166 valence electrons. The van der Waals surface area contributed by atoms with Crippen LogP contribution in [-0.4, -0.2) is 22.4 Å². The number of hydrazine groups is 1. The van der Waals surface area contributed by atoms with Crippen LogP contribution in [0.25, 0.3) is 10.9 Å². The van der Waals surface area contributed by atoms with E-state index < -0.39 is 0 Å². The minimum atomic E-state index is -0.213. The van der Waals surface area contributed by atoms with Gasteiger partial charge in [-0.1, -0.05) is 60.7 Å². The van der Waals surface area contributed by atoms with Crippen LogP contribution in [0.5, 0.6) is 5.75 Å². The number of ether oxygens (including phenoxy) is 1. The Kier molecular flexibility index (Phi) is 5.97. The molecule has 1 fully saturated rings. The largest absolute Gasteiger partial charge is 0.485 e. The molecular weight excluding hydrogens is 414 g/mol. The molecule has 7 heteroatoms. The minimum absolute atomic E-state index is 0.0609. The molecule has 2 heterocycles. The van der Waals surface area contributed by atoms with Crippen molar-refractivity contribution in [2.24, 2.45) is 11.0 Å². The number of hydrogen-bond acceptors (Lipinski definition) is 6. The number of rotatable bonds is 6. The molecule has 0 amide bonds. The number of para-hydroxylation sites is 2. The van der Waals surface area contributed by atoms with Crippen LogP contribution in [0.4, 0.5) is 0 Å². The predicted molar refractivity (Wildman–Crippen MR) is 129 cm³/mol. The van der Waals surface area contributed by atoms with Crippen molar-refractivity contribution in [2.75, 3.05) is 6.54 Å². The van der Waals surface area contributed by atoms with Crippen molar-refractivity contribution in [3.05, 3.63) is 106 Å². The van der Waals surface area contributed by atoms with Gasteiger partial charge in [-0.15, -0.1) is 0 Å². The molecule has 5 rings (SSSR count). The summed E-state index contributed by atoms with van der Waals surface area (Å²) in [5.74, 6) is 1.27. The lowest BCUT2D eigenvalue weighted by Crippen LogP contribution is -2.26. The van der Waals surface area contributed by atoms with Crippen molar-refractivity contribution < 1.29 is 4.74 Å². The highest BCUT2D eigenvalue weighted by Gasteiger charge is 2.27. The van der Waals surface area contributed by atoms with E-state index in [1.54, 1.807) is 6.07 Å². The summed E-state index contributed by atoms with van der Waals surface area (Å²) in [6.45, 7) is 2.82. The maximum atomic E-state index is 13.3. The average molecular weight is 440 g/mol. The molecule has 1 aromatic heterocycles. The molecule has 0 aliphatic carbocycles. The van der Waals surface area contributed by atoms with Crippen LogP contribution in [0, 0.1) is 12.8 Å².